The van der Waals surface area contributed by atoms with E-state index in [9.17, 15) is 14.9 Å². The van der Waals surface area contributed by atoms with Gasteiger partial charge in [0.25, 0.3) is 11.5 Å². The van der Waals surface area contributed by atoms with Crippen molar-refractivity contribution < 1.29 is 4.79 Å². The van der Waals surface area contributed by atoms with Gasteiger partial charge in [-0.15, -0.1) is 0 Å². The largest absolute Gasteiger partial charge is 0.357 e. The lowest BCUT2D eigenvalue weighted by Crippen LogP contribution is -2.40. The van der Waals surface area contributed by atoms with Crippen LogP contribution in [0.15, 0.2) is 40.0 Å². The molecule has 0 bridgehead atoms. The Morgan fingerprint density at radius 2 is 1.86 bits per heavy atom. The number of nitrogens with zero attached hydrogens (tertiary/aromatic N) is 4. The smallest absolute Gasteiger partial charge is 0.270 e. The number of rotatable bonds is 8. The van der Waals surface area contributed by atoms with Gasteiger partial charge in [0.1, 0.15) is 21.8 Å². The number of carbonyl (C=O) groups excluding carboxylic acids is 1. The summed E-state index contributed by atoms with van der Waals surface area (Å²) in [6.45, 7) is 8.53. The van der Waals surface area contributed by atoms with Gasteiger partial charge in [0.2, 0.25) is 0 Å². The Labute approximate surface area is 229 Å². The summed E-state index contributed by atoms with van der Waals surface area (Å²) in [5.41, 5.74) is 2.67. The summed E-state index contributed by atoms with van der Waals surface area (Å²) in [7, 11) is 0. The first-order valence-electron chi connectivity index (χ1n) is 13.1. The zero-order chi connectivity index (χ0) is 26.5. The second kappa shape index (κ2) is 12.1. The predicted octanol–water partition coefficient (Wildman–Crippen LogP) is 5.51. The van der Waals surface area contributed by atoms with E-state index in [1.54, 1.807) is 9.47 Å². The van der Waals surface area contributed by atoms with Gasteiger partial charge in [0.15, 0.2) is 0 Å². The first-order valence-corrected chi connectivity index (χ1v) is 14.3. The van der Waals surface area contributed by atoms with Gasteiger partial charge in [-0.05, 0) is 62.7 Å². The van der Waals surface area contributed by atoms with Gasteiger partial charge in [0, 0.05) is 31.7 Å². The topological polar surface area (TPSA) is 69.3 Å². The predicted molar refractivity (Wildman–Crippen MR) is 156 cm³/mol. The number of hydrogen-bond acceptors (Lipinski definition) is 6. The van der Waals surface area contributed by atoms with Crippen LogP contribution in [-0.2, 0) is 17.8 Å². The molecule has 1 aromatic carbocycles. The summed E-state index contributed by atoms with van der Waals surface area (Å²) in [5.74, 6) is 1.29. The average molecular weight is 535 g/mol. The van der Waals surface area contributed by atoms with Gasteiger partial charge in [-0.2, -0.15) is 5.26 Å². The average Bonchev–Trinajstić information content (AvgIpc) is 3.18. The van der Waals surface area contributed by atoms with Crippen molar-refractivity contribution in [1.82, 2.24) is 9.47 Å². The third-order valence-corrected chi connectivity index (χ3v) is 8.71. The normalized spacial score (nSPS) is 17.6. The second-order valence-electron chi connectivity index (χ2n) is 9.71. The highest BCUT2D eigenvalue weighted by Gasteiger charge is 2.33. The van der Waals surface area contributed by atoms with Crippen LogP contribution in [0.2, 0.25) is 0 Å². The quantitative estimate of drug-likeness (QED) is 0.329. The van der Waals surface area contributed by atoms with E-state index >= 15 is 0 Å². The number of thioether (sulfide) groups is 1. The van der Waals surface area contributed by atoms with E-state index in [1.807, 2.05) is 26.0 Å². The monoisotopic (exact) mass is 534 g/mol. The van der Waals surface area contributed by atoms with Crippen molar-refractivity contribution in [3.8, 4) is 6.07 Å². The van der Waals surface area contributed by atoms with Crippen molar-refractivity contribution in [2.75, 3.05) is 24.5 Å². The van der Waals surface area contributed by atoms with Crippen LogP contribution in [-0.4, -0.2) is 39.3 Å². The molecule has 0 spiro atoms. The molecular formula is C29H34N4O2S2. The summed E-state index contributed by atoms with van der Waals surface area (Å²) >= 11 is 6.72. The zero-order valence-corrected chi connectivity index (χ0v) is 23.5. The lowest BCUT2D eigenvalue weighted by Gasteiger charge is -2.36. The molecule has 0 radical (unpaired) electrons. The van der Waals surface area contributed by atoms with Crippen LogP contribution in [0.3, 0.4) is 0 Å². The number of nitriles is 1. The highest BCUT2D eigenvalue weighted by Crippen LogP contribution is 2.37. The number of likely N-dealkylation sites (N-methyl/N-ethyl adjacent to an activating group) is 1. The number of hydrogen-bond donors (Lipinski definition) is 0. The maximum Gasteiger partial charge on any atom is 0.270 e. The zero-order valence-electron chi connectivity index (χ0n) is 21.8. The molecule has 2 fully saturated rings. The van der Waals surface area contributed by atoms with Crippen molar-refractivity contribution in [1.29, 1.82) is 5.26 Å². The molecular weight excluding hydrogens is 500 g/mol. The number of aromatic nitrogens is 1. The molecule has 2 aliphatic heterocycles. The van der Waals surface area contributed by atoms with Gasteiger partial charge in [0.05, 0.1) is 4.91 Å². The lowest BCUT2D eigenvalue weighted by molar-refractivity contribution is -0.121. The van der Waals surface area contributed by atoms with Crippen molar-refractivity contribution in [3.63, 3.8) is 0 Å². The van der Waals surface area contributed by atoms with E-state index < -0.39 is 0 Å². The molecule has 0 atom stereocenters. The molecule has 0 saturated carbocycles. The van der Waals surface area contributed by atoms with Gasteiger partial charge in [-0.3, -0.25) is 19.1 Å². The molecule has 3 heterocycles. The number of thiocarbonyl (C=S) groups is 1. The van der Waals surface area contributed by atoms with E-state index in [4.69, 9.17) is 12.2 Å². The molecule has 4 rings (SSSR count). The van der Waals surface area contributed by atoms with E-state index in [0.29, 0.717) is 33.8 Å². The molecule has 8 heteroatoms. The van der Waals surface area contributed by atoms with Crippen LogP contribution in [0.4, 0.5) is 5.82 Å². The Balaban J connectivity index is 1.75. The minimum absolute atomic E-state index is 0.116. The maximum absolute atomic E-state index is 13.5. The Kier molecular flexibility index (Phi) is 8.88. The van der Waals surface area contributed by atoms with E-state index in [-0.39, 0.29) is 17.0 Å². The number of amides is 1. The van der Waals surface area contributed by atoms with Crippen molar-refractivity contribution in [3.05, 3.63) is 67.8 Å². The Bertz CT molecular complexity index is 1300. The molecule has 0 unspecified atom stereocenters. The highest BCUT2D eigenvalue weighted by molar-refractivity contribution is 8.26. The summed E-state index contributed by atoms with van der Waals surface area (Å²) < 4.78 is 2.32. The first kappa shape index (κ1) is 27.2. The Morgan fingerprint density at radius 3 is 2.46 bits per heavy atom. The molecule has 6 nitrogen and oxygen atoms in total. The van der Waals surface area contributed by atoms with Gasteiger partial charge >= 0.3 is 0 Å². The summed E-state index contributed by atoms with van der Waals surface area (Å²) in [5, 5.41) is 9.89. The molecule has 0 aliphatic carbocycles. The van der Waals surface area contributed by atoms with Crippen molar-refractivity contribution in [2.24, 2.45) is 5.92 Å². The van der Waals surface area contributed by atoms with E-state index in [0.717, 1.165) is 56.6 Å². The van der Waals surface area contributed by atoms with Crippen molar-refractivity contribution >= 4 is 46.1 Å². The van der Waals surface area contributed by atoms with Crippen LogP contribution in [0.25, 0.3) is 6.08 Å². The highest BCUT2D eigenvalue weighted by atomic mass is 32.2. The van der Waals surface area contributed by atoms with Crippen molar-refractivity contribution in [2.45, 2.75) is 59.4 Å². The number of benzene rings is 1. The van der Waals surface area contributed by atoms with Crippen LogP contribution in [0.5, 0.6) is 0 Å². The van der Waals surface area contributed by atoms with Gasteiger partial charge < -0.3 is 4.90 Å². The molecule has 0 N–H and O–H groups in total. The fourth-order valence-corrected chi connectivity index (χ4v) is 6.57. The summed E-state index contributed by atoms with van der Waals surface area (Å²) in [6, 6.07) is 12.7. The SMILES string of the molecule is CCCCn1c(N2CCC(Cc3ccccc3)CC2)c(/C=C2\SC(=S)N(CC)C2=O)c(C)c(C#N)c1=O. The molecule has 1 aromatic heterocycles. The Hall–Kier alpha value is -2.89. The summed E-state index contributed by atoms with van der Waals surface area (Å²) in [4.78, 5) is 31.0. The van der Waals surface area contributed by atoms with Gasteiger partial charge in [-0.1, -0.05) is 67.7 Å². The number of piperidine rings is 1. The number of carbonyl (C=O) groups is 1. The van der Waals surface area contributed by atoms with Crippen LogP contribution < -0.4 is 10.5 Å². The molecule has 37 heavy (non-hydrogen) atoms. The Morgan fingerprint density at radius 1 is 1.16 bits per heavy atom. The number of unbranched alkanes of at least 4 members (excludes halogenated alkanes) is 1. The third-order valence-electron chi connectivity index (χ3n) is 7.33. The summed E-state index contributed by atoms with van der Waals surface area (Å²) in [6.07, 6.45) is 6.73. The fourth-order valence-electron chi connectivity index (χ4n) is 5.21. The van der Waals surface area contributed by atoms with Gasteiger partial charge in [-0.25, -0.2) is 0 Å². The maximum atomic E-state index is 13.5. The fraction of sp³-hybridized carbons (Fsp3) is 0.448. The number of anilines is 1. The standard InChI is InChI=1S/C29H34N4O2S2/c1-4-6-14-33-26(31-15-12-22(13-16-31)17-21-10-8-7-9-11-21)23(20(3)24(19-30)27(33)34)18-25-28(35)32(5-2)29(36)37-25/h7-11,18,22H,4-6,12-17H2,1-3H3/b25-18-. The lowest BCUT2D eigenvalue weighted by atomic mass is 9.90. The second-order valence-corrected chi connectivity index (χ2v) is 11.4. The van der Waals surface area contributed by atoms with Crippen LogP contribution in [0.1, 0.15) is 61.8 Å². The minimum atomic E-state index is -0.242. The molecule has 2 saturated heterocycles. The number of pyridine rings is 1. The molecule has 194 valence electrons. The molecule has 1 amide bonds. The minimum Gasteiger partial charge on any atom is -0.357 e. The third kappa shape index (κ3) is 5.68. The van der Waals surface area contributed by atoms with Crippen LogP contribution in [0, 0.1) is 24.2 Å². The first-order chi connectivity index (χ1) is 17.9. The van der Waals surface area contributed by atoms with Crippen LogP contribution >= 0.6 is 24.0 Å². The molecule has 2 aliphatic rings. The van der Waals surface area contributed by atoms with E-state index in [1.165, 1.54) is 17.3 Å². The van der Waals surface area contributed by atoms with E-state index in [2.05, 4.69) is 42.2 Å². The molecule has 2 aromatic rings.